The van der Waals surface area contributed by atoms with E-state index in [1.165, 1.54) is 22.0 Å². The van der Waals surface area contributed by atoms with E-state index in [1.54, 1.807) is 45.2 Å². The zero-order valence-electron chi connectivity index (χ0n) is 26.0. The number of amides is 6. The Morgan fingerprint density at radius 1 is 0.930 bits per heavy atom. The molecule has 12 nitrogen and oxygen atoms in total. The maximum atomic E-state index is 12.7. The molecule has 1 heterocycles. The summed E-state index contributed by atoms with van der Waals surface area (Å²) in [7, 11) is 1.69. The molecule has 12 heteroatoms. The molecule has 236 valence electrons. The Balaban J connectivity index is 1.70. The van der Waals surface area contributed by atoms with Crippen LogP contribution in [0.2, 0.25) is 0 Å². The van der Waals surface area contributed by atoms with Crippen LogP contribution in [0, 0.1) is 11.3 Å². The number of carbonyl (C=O) groups excluding carboxylic acids is 6. The van der Waals surface area contributed by atoms with Crippen LogP contribution >= 0.6 is 0 Å². The summed E-state index contributed by atoms with van der Waals surface area (Å²) in [6.45, 7) is 10.4. The quantitative estimate of drug-likeness (QED) is 0.207. The van der Waals surface area contributed by atoms with Gasteiger partial charge in [-0.05, 0) is 41.9 Å². The summed E-state index contributed by atoms with van der Waals surface area (Å²) in [6, 6.07) is 6.01. The molecule has 0 bridgehead atoms. The molecule has 0 saturated carbocycles. The number of hydrogen-bond acceptors (Lipinski definition) is 7. The van der Waals surface area contributed by atoms with Crippen LogP contribution in [0.3, 0.4) is 0 Å². The van der Waals surface area contributed by atoms with E-state index in [0.29, 0.717) is 38.0 Å². The number of rotatable bonds is 15. The van der Waals surface area contributed by atoms with E-state index in [1.807, 2.05) is 20.8 Å². The van der Waals surface area contributed by atoms with Crippen LogP contribution < -0.4 is 16.0 Å². The number of hydrogen-bond donors (Lipinski definition) is 3. The first kappa shape index (κ1) is 35.0. The maximum absolute atomic E-state index is 12.7. The fraction of sp³-hybridized carbons (Fsp3) is 0.548. The van der Waals surface area contributed by atoms with Crippen molar-refractivity contribution < 1.29 is 33.5 Å². The van der Waals surface area contributed by atoms with Gasteiger partial charge in [0.2, 0.25) is 17.7 Å². The van der Waals surface area contributed by atoms with Crippen molar-refractivity contribution in [2.75, 3.05) is 32.0 Å². The Kier molecular flexibility index (Phi) is 13.4. The van der Waals surface area contributed by atoms with Crippen LogP contribution in [-0.4, -0.2) is 78.2 Å². The van der Waals surface area contributed by atoms with Crippen molar-refractivity contribution in [2.45, 2.75) is 73.0 Å². The van der Waals surface area contributed by atoms with Crippen LogP contribution in [0.15, 0.2) is 36.4 Å². The Morgan fingerprint density at radius 3 is 2.14 bits per heavy atom. The molecule has 0 spiro atoms. The molecule has 2 rings (SSSR count). The molecule has 3 N–H and O–H groups in total. The highest BCUT2D eigenvalue weighted by atomic mass is 16.6. The number of unbranched alkanes of at least 4 members (excludes halogenated alkanes) is 2. The molecule has 0 fully saturated rings. The molecule has 1 aliphatic heterocycles. The van der Waals surface area contributed by atoms with Gasteiger partial charge in [0.25, 0.3) is 11.8 Å². The van der Waals surface area contributed by atoms with Crippen molar-refractivity contribution in [1.29, 1.82) is 0 Å². The second-order valence-electron chi connectivity index (χ2n) is 12.2. The summed E-state index contributed by atoms with van der Waals surface area (Å²) in [6.07, 6.45) is 4.03. The van der Waals surface area contributed by atoms with Gasteiger partial charge in [0.05, 0.1) is 6.54 Å². The van der Waals surface area contributed by atoms with Gasteiger partial charge in [0.1, 0.15) is 12.6 Å². The van der Waals surface area contributed by atoms with Gasteiger partial charge in [-0.15, -0.1) is 0 Å². The number of carbonyl (C=O) groups is 6. The van der Waals surface area contributed by atoms with Crippen LogP contribution in [-0.2, 0) is 35.3 Å². The summed E-state index contributed by atoms with van der Waals surface area (Å²) in [4.78, 5) is 75.6. The molecular weight excluding hydrogens is 554 g/mol. The highest BCUT2D eigenvalue weighted by Gasteiger charge is 2.25. The van der Waals surface area contributed by atoms with Gasteiger partial charge in [0, 0.05) is 44.4 Å². The van der Waals surface area contributed by atoms with E-state index in [4.69, 9.17) is 4.74 Å². The van der Waals surface area contributed by atoms with Crippen molar-refractivity contribution in [1.82, 2.24) is 20.4 Å². The normalized spacial score (nSPS) is 13.6. The van der Waals surface area contributed by atoms with Crippen molar-refractivity contribution in [3.05, 3.63) is 42.0 Å². The average Bonchev–Trinajstić information content (AvgIpc) is 3.25. The third kappa shape index (κ3) is 12.7. The Hall–Kier alpha value is -4.22. The lowest BCUT2D eigenvalue weighted by molar-refractivity contribution is -0.137. The summed E-state index contributed by atoms with van der Waals surface area (Å²) in [5.41, 5.74) is 1.23. The van der Waals surface area contributed by atoms with Crippen LogP contribution in [0.4, 0.5) is 10.5 Å². The predicted molar refractivity (Wildman–Crippen MR) is 161 cm³/mol. The zero-order chi connectivity index (χ0) is 32.2. The molecular formula is C31H45N5O7. The molecule has 1 unspecified atom stereocenters. The predicted octanol–water partition coefficient (Wildman–Crippen LogP) is 2.98. The smallest absolute Gasteiger partial charge is 0.409 e. The molecule has 0 radical (unpaired) electrons. The lowest BCUT2D eigenvalue weighted by Gasteiger charge is -2.25. The number of benzene rings is 1. The molecule has 0 aromatic heterocycles. The van der Waals surface area contributed by atoms with Gasteiger partial charge >= 0.3 is 6.09 Å². The van der Waals surface area contributed by atoms with Crippen LogP contribution in [0.5, 0.6) is 0 Å². The second-order valence-corrected chi connectivity index (χ2v) is 12.2. The average molecular weight is 600 g/mol. The van der Waals surface area contributed by atoms with Gasteiger partial charge in [-0.1, -0.05) is 53.2 Å². The molecule has 6 amide bonds. The number of imide groups is 1. The molecule has 1 atom stereocenters. The number of anilines is 1. The topological polar surface area (TPSA) is 154 Å². The molecule has 0 saturated heterocycles. The fourth-order valence-corrected chi connectivity index (χ4v) is 4.36. The summed E-state index contributed by atoms with van der Waals surface area (Å²) >= 11 is 0. The van der Waals surface area contributed by atoms with Crippen molar-refractivity contribution in [2.24, 2.45) is 11.3 Å². The standard InChI is InChI=1S/C31H45N5O7/c1-21(2)28(34-24(37)10-8-7-9-17-36-26(39)15-16-27(36)40)29(41)32-18-25(38)33-23-13-11-22(12-14-23)19-43-30(42)35(6)20-31(3,4)5/h11-16,21,28H,7-10,17-20H2,1-6H3,(H,32,41)(H,33,38)(H,34,37). The molecule has 1 aromatic rings. The number of ether oxygens (including phenoxy) is 1. The first-order valence-corrected chi connectivity index (χ1v) is 14.5. The van der Waals surface area contributed by atoms with Crippen molar-refractivity contribution in [3.8, 4) is 0 Å². The van der Waals surface area contributed by atoms with Gasteiger partial charge < -0.3 is 25.6 Å². The Labute approximate surface area is 253 Å². The highest BCUT2D eigenvalue weighted by Crippen LogP contribution is 2.16. The number of nitrogens with one attached hydrogen (secondary N) is 3. The SMILES string of the molecule is CC(C)C(NC(=O)CCCCCN1C(=O)C=CC1=O)C(=O)NCC(=O)Nc1ccc(COC(=O)N(C)CC(C)(C)C)cc1. The van der Waals surface area contributed by atoms with Crippen LogP contribution in [0.1, 0.15) is 65.9 Å². The first-order valence-electron chi connectivity index (χ1n) is 14.5. The van der Waals surface area contributed by atoms with E-state index in [0.717, 1.165) is 5.56 Å². The van der Waals surface area contributed by atoms with Crippen LogP contribution in [0.25, 0.3) is 0 Å². The third-order valence-electron chi connectivity index (χ3n) is 6.50. The maximum Gasteiger partial charge on any atom is 0.409 e. The second kappa shape index (κ2) is 16.4. The molecule has 43 heavy (non-hydrogen) atoms. The minimum Gasteiger partial charge on any atom is -0.445 e. The Bertz CT molecular complexity index is 1170. The minimum atomic E-state index is -0.810. The number of nitrogens with zero attached hydrogens (tertiary/aromatic N) is 2. The van der Waals surface area contributed by atoms with Crippen molar-refractivity contribution in [3.63, 3.8) is 0 Å². The lowest BCUT2D eigenvalue weighted by Crippen LogP contribution is -2.51. The van der Waals surface area contributed by atoms with E-state index in [2.05, 4.69) is 16.0 Å². The van der Waals surface area contributed by atoms with Gasteiger partial charge in [0.15, 0.2) is 0 Å². The van der Waals surface area contributed by atoms with E-state index in [-0.39, 0.29) is 48.6 Å². The zero-order valence-corrected chi connectivity index (χ0v) is 26.0. The van der Waals surface area contributed by atoms with E-state index in [9.17, 15) is 28.8 Å². The summed E-state index contributed by atoms with van der Waals surface area (Å²) in [5.74, 6) is -2.05. The van der Waals surface area contributed by atoms with E-state index < -0.39 is 23.9 Å². The van der Waals surface area contributed by atoms with Gasteiger partial charge in [-0.3, -0.25) is 28.9 Å². The largest absolute Gasteiger partial charge is 0.445 e. The minimum absolute atomic E-state index is 0.0438. The Morgan fingerprint density at radius 2 is 1.56 bits per heavy atom. The molecule has 1 aliphatic rings. The monoisotopic (exact) mass is 599 g/mol. The summed E-state index contributed by atoms with van der Waals surface area (Å²) in [5, 5.41) is 8.00. The van der Waals surface area contributed by atoms with E-state index >= 15 is 0 Å². The molecule has 0 aliphatic carbocycles. The third-order valence-corrected chi connectivity index (χ3v) is 6.50. The molecule has 1 aromatic carbocycles. The summed E-state index contributed by atoms with van der Waals surface area (Å²) < 4.78 is 5.35. The fourth-order valence-electron chi connectivity index (χ4n) is 4.36. The lowest BCUT2D eigenvalue weighted by atomic mass is 9.96. The van der Waals surface area contributed by atoms with Gasteiger partial charge in [-0.2, -0.15) is 0 Å². The van der Waals surface area contributed by atoms with Crippen molar-refractivity contribution >= 4 is 41.3 Å². The van der Waals surface area contributed by atoms with Gasteiger partial charge in [-0.25, -0.2) is 4.79 Å². The highest BCUT2D eigenvalue weighted by molar-refractivity contribution is 6.12. The first-order chi connectivity index (χ1) is 20.2.